The molecule has 0 saturated heterocycles. The van der Waals surface area contributed by atoms with Crippen LogP contribution in [-0.4, -0.2) is 49.1 Å². The smallest absolute Gasteiger partial charge is 0.268 e. The third kappa shape index (κ3) is 5.26. The summed E-state index contributed by atoms with van der Waals surface area (Å²) >= 11 is 7.56. The Morgan fingerprint density at radius 2 is 1.90 bits per heavy atom. The van der Waals surface area contributed by atoms with Gasteiger partial charge in [-0.15, -0.1) is 0 Å². The van der Waals surface area contributed by atoms with Crippen LogP contribution < -0.4 is 10.1 Å². The van der Waals surface area contributed by atoms with Crippen molar-refractivity contribution in [1.29, 1.82) is 0 Å². The van der Waals surface area contributed by atoms with Gasteiger partial charge in [-0.05, 0) is 49.5 Å². The highest BCUT2D eigenvalue weighted by molar-refractivity contribution is 7.99. The first-order valence-electron chi connectivity index (χ1n) is 9.69. The molecule has 0 aliphatic heterocycles. The molecule has 1 aromatic heterocycles. The lowest BCUT2D eigenvalue weighted by Gasteiger charge is -2.17. The highest BCUT2D eigenvalue weighted by atomic mass is 35.5. The molecule has 1 amide bonds. The second-order valence-corrected chi connectivity index (χ2v) is 8.10. The van der Waals surface area contributed by atoms with Crippen LogP contribution in [0.4, 0.5) is 0 Å². The Labute approximate surface area is 180 Å². The van der Waals surface area contributed by atoms with Gasteiger partial charge in [0.15, 0.2) is 0 Å². The summed E-state index contributed by atoms with van der Waals surface area (Å²) in [6, 6.07) is 13.4. The first-order valence-corrected chi connectivity index (χ1v) is 10.9. The molecule has 1 heterocycles. The molecule has 0 bridgehead atoms. The Bertz CT molecular complexity index is 968. The number of rotatable bonds is 9. The molecule has 0 aliphatic carbocycles. The lowest BCUT2D eigenvalue weighted by molar-refractivity contribution is 0.0942. The molecule has 0 radical (unpaired) electrons. The summed E-state index contributed by atoms with van der Waals surface area (Å²) < 4.78 is 5.33. The van der Waals surface area contributed by atoms with Crippen LogP contribution >= 0.6 is 23.4 Å². The van der Waals surface area contributed by atoms with Gasteiger partial charge in [0.25, 0.3) is 5.91 Å². The molecule has 3 aromatic rings. The van der Waals surface area contributed by atoms with Gasteiger partial charge < -0.3 is 19.9 Å². The monoisotopic (exact) mass is 431 g/mol. The minimum Gasteiger partial charge on any atom is -0.497 e. The van der Waals surface area contributed by atoms with Gasteiger partial charge in [-0.2, -0.15) is 0 Å². The second kappa shape index (κ2) is 10.1. The summed E-state index contributed by atoms with van der Waals surface area (Å²) in [4.78, 5) is 20.4. The fourth-order valence-corrected chi connectivity index (χ4v) is 4.29. The number of carbonyl (C=O) groups excluding carboxylic acids is 1. The third-order valence-corrected chi connectivity index (χ3v) is 6.21. The topological polar surface area (TPSA) is 57.4 Å². The number of aromatic nitrogens is 1. The fraction of sp³-hybridized carbons (Fsp3) is 0.318. The third-order valence-electron chi connectivity index (χ3n) is 4.83. The van der Waals surface area contributed by atoms with Crippen molar-refractivity contribution < 1.29 is 9.53 Å². The number of nitrogens with zero attached hydrogens (tertiary/aromatic N) is 1. The van der Waals surface area contributed by atoms with Gasteiger partial charge in [-0.3, -0.25) is 4.79 Å². The van der Waals surface area contributed by atoms with Crippen LogP contribution in [0.25, 0.3) is 10.9 Å². The van der Waals surface area contributed by atoms with Crippen LogP contribution in [-0.2, 0) is 0 Å². The van der Waals surface area contributed by atoms with Crippen molar-refractivity contribution in [3.8, 4) is 5.75 Å². The molecular formula is C22H26ClN3O2S. The van der Waals surface area contributed by atoms with Gasteiger partial charge in [0.2, 0.25) is 0 Å². The number of H-pyrrole nitrogens is 1. The lowest BCUT2D eigenvalue weighted by atomic mass is 10.2. The molecule has 0 fully saturated rings. The minimum atomic E-state index is -0.108. The van der Waals surface area contributed by atoms with E-state index in [1.807, 2.05) is 42.5 Å². The van der Waals surface area contributed by atoms with Crippen molar-refractivity contribution >= 4 is 40.2 Å². The molecule has 2 aromatic carbocycles. The molecule has 0 unspecified atom stereocenters. The number of hydrogen-bond donors (Lipinski definition) is 2. The average molecular weight is 432 g/mol. The molecule has 7 heteroatoms. The predicted molar refractivity (Wildman–Crippen MR) is 121 cm³/mol. The summed E-state index contributed by atoms with van der Waals surface area (Å²) in [6.07, 6.45) is 0. The van der Waals surface area contributed by atoms with E-state index in [4.69, 9.17) is 16.3 Å². The van der Waals surface area contributed by atoms with E-state index in [0.29, 0.717) is 17.3 Å². The van der Waals surface area contributed by atoms with Crippen LogP contribution in [0.15, 0.2) is 52.3 Å². The maximum atomic E-state index is 13.0. The average Bonchev–Trinajstić information content (AvgIpc) is 3.10. The van der Waals surface area contributed by atoms with E-state index in [9.17, 15) is 4.79 Å². The number of nitrogens with one attached hydrogen (secondary N) is 2. The zero-order chi connectivity index (χ0) is 20.8. The molecule has 3 rings (SSSR count). The zero-order valence-electron chi connectivity index (χ0n) is 16.9. The van der Waals surface area contributed by atoms with Gasteiger partial charge in [0.1, 0.15) is 11.4 Å². The lowest BCUT2D eigenvalue weighted by Crippen LogP contribution is -2.35. The Hall–Kier alpha value is -2.15. The van der Waals surface area contributed by atoms with E-state index in [2.05, 4.69) is 29.0 Å². The maximum Gasteiger partial charge on any atom is 0.268 e. The number of likely N-dealkylation sites (N-methyl/N-ethyl adjacent to an activating group) is 1. The quantitative estimate of drug-likeness (QED) is 0.497. The van der Waals surface area contributed by atoms with Crippen LogP contribution in [0.1, 0.15) is 24.3 Å². The summed E-state index contributed by atoms with van der Waals surface area (Å²) in [5, 5.41) is 4.72. The van der Waals surface area contributed by atoms with Gasteiger partial charge >= 0.3 is 0 Å². The SMILES string of the molecule is CCN(CC)CCNC(=O)c1[nH]c2cc(OC)ccc2c1Sc1ccc(Cl)cc1. The van der Waals surface area contributed by atoms with E-state index < -0.39 is 0 Å². The summed E-state index contributed by atoms with van der Waals surface area (Å²) in [6.45, 7) is 7.61. The first-order chi connectivity index (χ1) is 14.0. The van der Waals surface area contributed by atoms with Gasteiger partial charge in [-0.25, -0.2) is 0 Å². The molecule has 5 nitrogen and oxygen atoms in total. The van der Waals surface area contributed by atoms with Crippen LogP contribution in [0.3, 0.4) is 0 Å². The number of benzene rings is 2. The van der Waals surface area contributed by atoms with Gasteiger partial charge in [-0.1, -0.05) is 37.2 Å². The standard InChI is InChI=1S/C22H26ClN3O2S/c1-4-26(5-2)13-12-24-22(27)20-21(29-17-9-6-15(23)7-10-17)18-11-8-16(28-3)14-19(18)25-20/h6-11,14,25H,4-5,12-13H2,1-3H3,(H,24,27). The first kappa shape index (κ1) is 21.6. The van der Waals surface area contributed by atoms with Crippen molar-refractivity contribution in [3.63, 3.8) is 0 Å². The number of halogens is 1. The molecule has 0 atom stereocenters. The van der Waals surface area contributed by atoms with E-state index >= 15 is 0 Å². The molecule has 29 heavy (non-hydrogen) atoms. The normalized spacial score (nSPS) is 11.2. The van der Waals surface area contributed by atoms with Crippen LogP contribution in [0.2, 0.25) is 5.02 Å². The molecular weight excluding hydrogens is 406 g/mol. The van der Waals surface area contributed by atoms with Crippen LogP contribution in [0.5, 0.6) is 5.75 Å². The van der Waals surface area contributed by atoms with Gasteiger partial charge in [0, 0.05) is 34.5 Å². The Morgan fingerprint density at radius 1 is 1.17 bits per heavy atom. The highest BCUT2D eigenvalue weighted by Gasteiger charge is 2.19. The molecule has 0 saturated carbocycles. The van der Waals surface area contributed by atoms with E-state index in [1.165, 1.54) is 0 Å². The van der Waals surface area contributed by atoms with E-state index in [1.54, 1.807) is 18.9 Å². The number of carbonyl (C=O) groups is 1. The number of aromatic amines is 1. The maximum absolute atomic E-state index is 13.0. The Kier molecular flexibility index (Phi) is 7.47. The summed E-state index contributed by atoms with van der Waals surface area (Å²) in [7, 11) is 1.63. The van der Waals surface area contributed by atoms with E-state index in [-0.39, 0.29) is 5.91 Å². The highest BCUT2D eigenvalue weighted by Crippen LogP contribution is 2.38. The molecule has 0 spiro atoms. The largest absolute Gasteiger partial charge is 0.497 e. The fourth-order valence-electron chi connectivity index (χ4n) is 3.12. The Morgan fingerprint density at radius 3 is 2.55 bits per heavy atom. The zero-order valence-corrected chi connectivity index (χ0v) is 18.5. The number of hydrogen-bond acceptors (Lipinski definition) is 4. The Balaban J connectivity index is 1.89. The summed E-state index contributed by atoms with van der Waals surface area (Å²) in [5.74, 6) is 0.638. The van der Waals surface area contributed by atoms with Gasteiger partial charge in [0.05, 0.1) is 17.5 Å². The second-order valence-electron chi connectivity index (χ2n) is 6.58. The van der Waals surface area contributed by atoms with Crippen molar-refractivity contribution in [3.05, 3.63) is 53.2 Å². The van der Waals surface area contributed by atoms with Crippen molar-refractivity contribution in [2.75, 3.05) is 33.3 Å². The van der Waals surface area contributed by atoms with Crippen molar-refractivity contribution in [2.45, 2.75) is 23.6 Å². The van der Waals surface area contributed by atoms with Crippen molar-refractivity contribution in [2.24, 2.45) is 0 Å². The molecule has 0 aliphatic rings. The number of fused-ring (bicyclic) bond motifs is 1. The van der Waals surface area contributed by atoms with E-state index in [0.717, 1.165) is 46.1 Å². The predicted octanol–water partition coefficient (Wildman–Crippen LogP) is 5.05. The molecule has 2 N–H and O–H groups in total. The van der Waals surface area contributed by atoms with Crippen molar-refractivity contribution in [1.82, 2.24) is 15.2 Å². The number of amides is 1. The van der Waals surface area contributed by atoms with Crippen LogP contribution in [0, 0.1) is 0 Å². The number of methoxy groups -OCH3 is 1. The molecule has 154 valence electrons. The summed E-state index contributed by atoms with van der Waals surface area (Å²) in [5.41, 5.74) is 1.43. The number of ether oxygens (including phenoxy) is 1. The minimum absolute atomic E-state index is 0.108.